The van der Waals surface area contributed by atoms with E-state index in [-0.39, 0.29) is 6.42 Å². The molecule has 3 N–H and O–H groups in total. The van der Waals surface area contributed by atoms with Gasteiger partial charge in [-0.1, -0.05) is 0 Å². The molecule has 2 amide bonds. The lowest BCUT2D eigenvalue weighted by Crippen LogP contribution is -2.45. The molecule has 0 fully saturated rings. The van der Waals surface area contributed by atoms with E-state index in [1.165, 1.54) is 0 Å². The first-order valence-electron chi connectivity index (χ1n) is 4.49. The maximum atomic E-state index is 11.2. The highest BCUT2D eigenvalue weighted by Crippen LogP contribution is 2.06. The Balaban J connectivity index is 4.09. The molecule has 0 aromatic rings. The van der Waals surface area contributed by atoms with Gasteiger partial charge in [0.25, 0.3) is 0 Å². The lowest BCUT2D eigenvalue weighted by molar-refractivity contribution is -0.121. The molecule has 0 heterocycles. The molecule has 1 atom stereocenters. The minimum absolute atomic E-state index is 0.0780. The lowest BCUT2D eigenvalue weighted by Gasteiger charge is -2.19. The molecular weight excluding hydrogens is 196 g/mol. The number of amides is 2. The van der Waals surface area contributed by atoms with Crippen molar-refractivity contribution in [3.05, 3.63) is 0 Å². The summed E-state index contributed by atoms with van der Waals surface area (Å²) >= 11 is 0. The number of carbonyl (C=O) groups is 2. The summed E-state index contributed by atoms with van der Waals surface area (Å²) in [4.78, 5) is 22.3. The van der Waals surface area contributed by atoms with Crippen LogP contribution < -0.4 is 11.1 Å². The van der Waals surface area contributed by atoms with Gasteiger partial charge in [0.05, 0.1) is 6.04 Å². The molecule has 0 radical (unpaired) electrons. The molecule has 0 aliphatic heterocycles. The van der Waals surface area contributed by atoms with Crippen LogP contribution in [0.15, 0.2) is 0 Å². The van der Waals surface area contributed by atoms with Crippen LogP contribution in [0.5, 0.6) is 0 Å². The van der Waals surface area contributed by atoms with Gasteiger partial charge in [-0.2, -0.15) is 0 Å². The van der Waals surface area contributed by atoms with E-state index < -0.39 is 23.6 Å². The summed E-state index contributed by atoms with van der Waals surface area (Å²) in [6.45, 7) is 5.08. The minimum Gasteiger partial charge on any atom is -0.444 e. The number of imide groups is 1. The Bertz CT molecular complexity index is 286. The number of rotatable bonds is 2. The molecule has 0 saturated carbocycles. The van der Waals surface area contributed by atoms with Crippen LogP contribution in [0.3, 0.4) is 0 Å². The first-order valence-corrected chi connectivity index (χ1v) is 4.49. The van der Waals surface area contributed by atoms with Crippen LogP contribution in [0.1, 0.15) is 27.2 Å². The third kappa shape index (κ3) is 6.52. The number of terminal acetylenes is 1. The number of ether oxygens (including phenoxy) is 1. The summed E-state index contributed by atoms with van der Waals surface area (Å²) in [6.07, 6.45) is 4.23. The highest BCUT2D eigenvalue weighted by Gasteiger charge is 2.20. The Labute approximate surface area is 89.3 Å². The molecule has 5 nitrogen and oxygen atoms in total. The van der Waals surface area contributed by atoms with Crippen molar-refractivity contribution in [1.82, 2.24) is 5.32 Å². The van der Waals surface area contributed by atoms with Crippen LogP contribution in [0.4, 0.5) is 4.79 Å². The molecule has 1 unspecified atom stereocenters. The van der Waals surface area contributed by atoms with Gasteiger partial charge >= 0.3 is 6.09 Å². The fourth-order valence-electron chi connectivity index (χ4n) is 0.717. The molecule has 15 heavy (non-hydrogen) atoms. The second-order valence-corrected chi connectivity index (χ2v) is 4.01. The zero-order chi connectivity index (χ0) is 12.1. The topological polar surface area (TPSA) is 81.4 Å². The van der Waals surface area contributed by atoms with Crippen LogP contribution in [0.25, 0.3) is 0 Å². The van der Waals surface area contributed by atoms with Crippen molar-refractivity contribution < 1.29 is 14.3 Å². The lowest BCUT2D eigenvalue weighted by atomic mass is 10.2. The molecule has 0 aromatic carbocycles. The van der Waals surface area contributed by atoms with Gasteiger partial charge < -0.3 is 10.5 Å². The van der Waals surface area contributed by atoms with E-state index >= 15 is 0 Å². The van der Waals surface area contributed by atoms with Gasteiger partial charge in [0.15, 0.2) is 0 Å². The Hall–Kier alpha value is -1.54. The molecule has 0 aliphatic carbocycles. The first-order chi connectivity index (χ1) is 6.76. The predicted octanol–water partition coefficient (Wildman–Crippen LogP) is 0.388. The highest BCUT2D eigenvalue weighted by molar-refractivity contribution is 5.94. The molecule has 5 heteroatoms. The summed E-state index contributed by atoms with van der Waals surface area (Å²) in [7, 11) is 0. The van der Waals surface area contributed by atoms with E-state index in [2.05, 4.69) is 5.92 Å². The molecule has 0 aromatic heterocycles. The van der Waals surface area contributed by atoms with Crippen LogP contribution in [-0.4, -0.2) is 23.6 Å². The number of carbonyl (C=O) groups excluding carboxylic acids is 2. The Morgan fingerprint density at radius 1 is 1.53 bits per heavy atom. The highest BCUT2D eigenvalue weighted by atomic mass is 16.6. The second-order valence-electron chi connectivity index (χ2n) is 4.01. The van der Waals surface area contributed by atoms with Gasteiger partial charge in [-0.15, -0.1) is 12.3 Å². The summed E-state index contributed by atoms with van der Waals surface area (Å²) in [6, 6.07) is -0.887. The zero-order valence-corrected chi connectivity index (χ0v) is 9.16. The monoisotopic (exact) mass is 212 g/mol. The molecule has 84 valence electrons. The van der Waals surface area contributed by atoms with Gasteiger partial charge in [-0.25, -0.2) is 4.79 Å². The largest absolute Gasteiger partial charge is 0.444 e. The summed E-state index contributed by atoms with van der Waals surface area (Å²) in [5.74, 6) is 1.60. The fourth-order valence-corrected chi connectivity index (χ4v) is 0.717. The summed E-state index contributed by atoms with van der Waals surface area (Å²) in [5, 5.41) is 2.00. The van der Waals surface area contributed by atoms with Crippen LogP contribution in [0, 0.1) is 12.3 Å². The number of hydrogen-bond donors (Lipinski definition) is 2. The van der Waals surface area contributed by atoms with Crippen molar-refractivity contribution in [3.63, 3.8) is 0 Å². The average Bonchev–Trinajstić information content (AvgIpc) is 2.00. The smallest absolute Gasteiger partial charge is 0.414 e. The molecule has 0 aliphatic rings. The number of nitrogens with one attached hydrogen (secondary N) is 1. The molecule has 0 bridgehead atoms. The van der Waals surface area contributed by atoms with Gasteiger partial charge in [0.2, 0.25) is 5.91 Å². The van der Waals surface area contributed by atoms with Crippen molar-refractivity contribution in [1.29, 1.82) is 0 Å². The standard InChI is InChI=1S/C10H16N2O3/c1-5-6-7(11)8(13)12-9(14)15-10(2,3)4/h1,7H,6,11H2,2-4H3,(H,12,13,14). The average molecular weight is 212 g/mol. The number of hydrogen-bond acceptors (Lipinski definition) is 4. The minimum atomic E-state index is -0.887. The van der Waals surface area contributed by atoms with E-state index in [9.17, 15) is 9.59 Å². The van der Waals surface area contributed by atoms with Gasteiger partial charge in [0.1, 0.15) is 5.60 Å². The summed E-state index contributed by atoms with van der Waals surface area (Å²) in [5.41, 5.74) is 4.73. The zero-order valence-electron chi connectivity index (χ0n) is 9.16. The van der Waals surface area contributed by atoms with E-state index in [0.717, 1.165) is 0 Å². The Kier molecular flexibility index (Phi) is 4.82. The van der Waals surface area contributed by atoms with E-state index in [4.69, 9.17) is 16.9 Å². The number of nitrogens with two attached hydrogens (primary N) is 1. The molecule has 0 rings (SSSR count). The SMILES string of the molecule is C#CCC(N)C(=O)NC(=O)OC(C)(C)C. The van der Waals surface area contributed by atoms with Crippen LogP contribution >= 0.6 is 0 Å². The van der Waals surface area contributed by atoms with Crippen molar-refractivity contribution in [2.45, 2.75) is 38.8 Å². The third-order valence-corrected chi connectivity index (χ3v) is 1.30. The second kappa shape index (κ2) is 5.37. The molecular formula is C10H16N2O3. The van der Waals surface area contributed by atoms with E-state index in [1.54, 1.807) is 20.8 Å². The van der Waals surface area contributed by atoms with Crippen molar-refractivity contribution >= 4 is 12.0 Å². The van der Waals surface area contributed by atoms with Gasteiger partial charge in [-0.3, -0.25) is 10.1 Å². The van der Waals surface area contributed by atoms with Crippen LogP contribution in [-0.2, 0) is 9.53 Å². The normalized spacial score (nSPS) is 12.5. The fraction of sp³-hybridized carbons (Fsp3) is 0.600. The maximum Gasteiger partial charge on any atom is 0.414 e. The van der Waals surface area contributed by atoms with Crippen molar-refractivity contribution in [3.8, 4) is 12.3 Å². The van der Waals surface area contributed by atoms with E-state index in [0.29, 0.717) is 0 Å². The van der Waals surface area contributed by atoms with Crippen molar-refractivity contribution in [2.75, 3.05) is 0 Å². The third-order valence-electron chi connectivity index (χ3n) is 1.30. The maximum absolute atomic E-state index is 11.2. The van der Waals surface area contributed by atoms with Gasteiger partial charge in [-0.05, 0) is 20.8 Å². The summed E-state index contributed by atoms with van der Waals surface area (Å²) < 4.78 is 4.86. The Morgan fingerprint density at radius 3 is 2.47 bits per heavy atom. The van der Waals surface area contributed by atoms with E-state index in [1.807, 2.05) is 5.32 Å². The van der Waals surface area contributed by atoms with Gasteiger partial charge in [0, 0.05) is 6.42 Å². The first kappa shape index (κ1) is 13.5. The van der Waals surface area contributed by atoms with Crippen molar-refractivity contribution in [2.24, 2.45) is 5.73 Å². The number of alkyl carbamates (subject to hydrolysis) is 1. The quantitative estimate of drug-likeness (QED) is 0.649. The predicted molar refractivity (Wildman–Crippen MR) is 55.8 cm³/mol. The molecule has 0 saturated heterocycles. The van der Waals surface area contributed by atoms with Crippen LogP contribution in [0.2, 0.25) is 0 Å². The Morgan fingerprint density at radius 2 is 2.07 bits per heavy atom. The molecule has 0 spiro atoms.